The average molecular weight is 393 g/mol. The predicted molar refractivity (Wildman–Crippen MR) is 110 cm³/mol. The largest absolute Gasteiger partial charge is 0.378 e. The highest BCUT2D eigenvalue weighted by Gasteiger charge is 2.26. The normalized spacial score (nSPS) is 17.9. The van der Waals surface area contributed by atoms with Gasteiger partial charge in [-0.25, -0.2) is 4.98 Å². The summed E-state index contributed by atoms with van der Waals surface area (Å²) in [5, 5.41) is 0. The molecular formula is C23H27N3O3. The second-order valence-corrected chi connectivity index (χ2v) is 7.74. The van der Waals surface area contributed by atoms with Crippen LogP contribution in [0.1, 0.15) is 39.4 Å². The molecule has 1 aromatic heterocycles. The molecule has 2 aromatic rings. The quantitative estimate of drug-likeness (QED) is 0.801. The van der Waals surface area contributed by atoms with E-state index in [1.54, 1.807) is 23.1 Å². The lowest BCUT2D eigenvalue weighted by molar-refractivity contribution is 0.0299. The van der Waals surface area contributed by atoms with Crippen molar-refractivity contribution in [3.8, 4) is 0 Å². The molecule has 152 valence electrons. The van der Waals surface area contributed by atoms with Crippen molar-refractivity contribution in [3.63, 3.8) is 0 Å². The molecule has 0 spiro atoms. The van der Waals surface area contributed by atoms with Crippen molar-refractivity contribution in [2.45, 2.75) is 19.3 Å². The van der Waals surface area contributed by atoms with Gasteiger partial charge in [0.05, 0.1) is 13.2 Å². The van der Waals surface area contributed by atoms with Crippen LogP contribution in [0, 0.1) is 5.92 Å². The zero-order valence-electron chi connectivity index (χ0n) is 16.6. The van der Waals surface area contributed by atoms with Crippen molar-refractivity contribution in [3.05, 3.63) is 65.5 Å². The van der Waals surface area contributed by atoms with E-state index in [-0.39, 0.29) is 11.8 Å². The van der Waals surface area contributed by atoms with Crippen molar-refractivity contribution in [1.29, 1.82) is 0 Å². The third-order valence-corrected chi connectivity index (χ3v) is 5.75. The molecule has 2 fully saturated rings. The van der Waals surface area contributed by atoms with Gasteiger partial charge in [-0.3, -0.25) is 9.59 Å². The van der Waals surface area contributed by atoms with Crippen LogP contribution in [0.4, 0.5) is 0 Å². The van der Waals surface area contributed by atoms with Crippen LogP contribution < -0.4 is 0 Å². The number of amides is 2. The SMILES string of the molecule is O=C(c1cccc(C(=O)N2CCC(Cc3ccccc3)CC2)n1)N1CCOCC1. The van der Waals surface area contributed by atoms with Crippen LogP contribution in [0.2, 0.25) is 0 Å². The summed E-state index contributed by atoms with van der Waals surface area (Å²) in [5.74, 6) is 0.382. The fourth-order valence-electron chi connectivity index (χ4n) is 4.05. The average Bonchev–Trinajstić information content (AvgIpc) is 2.80. The number of piperidine rings is 1. The summed E-state index contributed by atoms with van der Waals surface area (Å²) in [6.45, 7) is 3.69. The first kappa shape index (κ1) is 19.6. The van der Waals surface area contributed by atoms with Crippen molar-refractivity contribution in [1.82, 2.24) is 14.8 Å². The minimum Gasteiger partial charge on any atom is -0.378 e. The second-order valence-electron chi connectivity index (χ2n) is 7.74. The molecule has 6 heteroatoms. The maximum atomic E-state index is 12.9. The van der Waals surface area contributed by atoms with Gasteiger partial charge in [-0.15, -0.1) is 0 Å². The van der Waals surface area contributed by atoms with Gasteiger partial charge in [0.1, 0.15) is 11.4 Å². The Kier molecular flexibility index (Phi) is 6.20. The molecule has 0 unspecified atom stereocenters. The van der Waals surface area contributed by atoms with Gasteiger partial charge in [-0.2, -0.15) is 0 Å². The molecule has 29 heavy (non-hydrogen) atoms. The zero-order chi connectivity index (χ0) is 20.1. The van der Waals surface area contributed by atoms with E-state index in [9.17, 15) is 9.59 Å². The minimum atomic E-state index is -0.135. The zero-order valence-corrected chi connectivity index (χ0v) is 16.6. The van der Waals surface area contributed by atoms with Crippen LogP contribution in [-0.2, 0) is 11.2 Å². The molecule has 3 heterocycles. The molecule has 0 N–H and O–H groups in total. The van der Waals surface area contributed by atoms with E-state index >= 15 is 0 Å². The fourth-order valence-corrected chi connectivity index (χ4v) is 4.05. The standard InChI is InChI=1S/C23H27N3O3/c27-22(25-11-9-19(10-12-25)17-18-5-2-1-3-6-18)20-7-4-8-21(24-20)23(28)26-13-15-29-16-14-26/h1-8,19H,9-17H2. The monoisotopic (exact) mass is 393 g/mol. The molecule has 0 atom stereocenters. The molecule has 2 saturated heterocycles. The van der Waals surface area contributed by atoms with Gasteiger partial charge in [-0.05, 0) is 42.9 Å². The van der Waals surface area contributed by atoms with Gasteiger partial charge in [0.15, 0.2) is 0 Å². The molecule has 1 aromatic carbocycles. The van der Waals surface area contributed by atoms with Crippen LogP contribution >= 0.6 is 0 Å². The fraction of sp³-hybridized carbons (Fsp3) is 0.435. The number of carbonyl (C=O) groups is 2. The Morgan fingerprint density at radius 2 is 1.41 bits per heavy atom. The molecular weight excluding hydrogens is 366 g/mol. The summed E-state index contributed by atoms with van der Waals surface area (Å²) in [6, 6.07) is 15.6. The lowest BCUT2D eigenvalue weighted by Crippen LogP contribution is -2.41. The summed E-state index contributed by atoms with van der Waals surface area (Å²) in [7, 11) is 0. The first-order valence-corrected chi connectivity index (χ1v) is 10.4. The number of rotatable bonds is 4. The minimum absolute atomic E-state index is 0.0835. The number of ether oxygens (including phenoxy) is 1. The Morgan fingerprint density at radius 1 is 0.828 bits per heavy atom. The van der Waals surface area contributed by atoms with Crippen LogP contribution in [0.15, 0.2) is 48.5 Å². The number of nitrogens with zero attached hydrogens (tertiary/aromatic N) is 3. The molecule has 0 bridgehead atoms. The molecule has 2 aliphatic heterocycles. The Hall–Kier alpha value is -2.73. The molecule has 0 radical (unpaired) electrons. The van der Waals surface area contributed by atoms with Gasteiger partial charge in [0.25, 0.3) is 11.8 Å². The smallest absolute Gasteiger partial charge is 0.272 e. The number of hydrogen-bond donors (Lipinski definition) is 0. The summed E-state index contributed by atoms with van der Waals surface area (Å²) in [6.07, 6.45) is 3.05. The topological polar surface area (TPSA) is 62.7 Å². The summed E-state index contributed by atoms with van der Waals surface area (Å²) >= 11 is 0. The van der Waals surface area contributed by atoms with Crippen molar-refractivity contribution >= 4 is 11.8 Å². The maximum absolute atomic E-state index is 12.9. The van der Waals surface area contributed by atoms with Gasteiger partial charge in [-0.1, -0.05) is 36.4 Å². The number of aromatic nitrogens is 1. The molecule has 4 rings (SSSR count). The number of hydrogen-bond acceptors (Lipinski definition) is 4. The first-order valence-electron chi connectivity index (χ1n) is 10.4. The van der Waals surface area contributed by atoms with E-state index in [1.807, 2.05) is 11.0 Å². The predicted octanol–water partition coefficient (Wildman–Crippen LogP) is 2.65. The molecule has 2 aliphatic rings. The lowest BCUT2D eigenvalue weighted by atomic mass is 9.90. The van der Waals surface area contributed by atoms with E-state index in [0.717, 1.165) is 32.4 Å². The van der Waals surface area contributed by atoms with E-state index in [2.05, 4.69) is 29.2 Å². The number of likely N-dealkylation sites (tertiary alicyclic amines) is 1. The van der Waals surface area contributed by atoms with Crippen molar-refractivity contribution in [2.24, 2.45) is 5.92 Å². The van der Waals surface area contributed by atoms with Crippen LogP contribution in [0.25, 0.3) is 0 Å². The second kappa shape index (κ2) is 9.18. The molecule has 2 amide bonds. The van der Waals surface area contributed by atoms with Gasteiger partial charge in [0.2, 0.25) is 0 Å². The highest BCUT2D eigenvalue weighted by molar-refractivity contribution is 5.96. The number of pyridine rings is 1. The van der Waals surface area contributed by atoms with Crippen LogP contribution in [0.3, 0.4) is 0 Å². The Bertz CT molecular complexity index is 841. The number of morpholine rings is 1. The van der Waals surface area contributed by atoms with E-state index in [4.69, 9.17) is 4.74 Å². The lowest BCUT2D eigenvalue weighted by Gasteiger charge is -2.32. The highest BCUT2D eigenvalue weighted by atomic mass is 16.5. The van der Waals surface area contributed by atoms with Crippen molar-refractivity contribution in [2.75, 3.05) is 39.4 Å². The first-order chi connectivity index (χ1) is 14.2. The Balaban J connectivity index is 1.35. The Morgan fingerprint density at radius 3 is 2.03 bits per heavy atom. The summed E-state index contributed by atoms with van der Waals surface area (Å²) in [4.78, 5) is 33.6. The maximum Gasteiger partial charge on any atom is 0.272 e. The third-order valence-electron chi connectivity index (χ3n) is 5.75. The van der Waals surface area contributed by atoms with E-state index in [1.165, 1.54) is 5.56 Å². The molecule has 0 aliphatic carbocycles. The van der Waals surface area contributed by atoms with Crippen molar-refractivity contribution < 1.29 is 14.3 Å². The molecule has 6 nitrogen and oxygen atoms in total. The van der Waals surface area contributed by atoms with Crippen LogP contribution in [-0.4, -0.2) is 66.0 Å². The highest BCUT2D eigenvalue weighted by Crippen LogP contribution is 2.22. The van der Waals surface area contributed by atoms with Gasteiger partial charge in [0, 0.05) is 26.2 Å². The summed E-state index contributed by atoms with van der Waals surface area (Å²) in [5.41, 5.74) is 2.04. The van der Waals surface area contributed by atoms with E-state index < -0.39 is 0 Å². The van der Waals surface area contributed by atoms with Crippen LogP contribution in [0.5, 0.6) is 0 Å². The van der Waals surface area contributed by atoms with E-state index in [0.29, 0.717) is 43.6 Å². The third kappa shape index (κ3) is 4.82. The van der Waals surface area contributed by atoms with Gasteiger partial charge >= 0.3 is 0 Å². The Labute approximate surface area is 171 Å². The molecule has 0 saturated carbocycles. The van der Waals surface area contributed by atoms with Gasteiger partial charge < -0.3 is 14.5 Å². The number of carbonyl (C=O) groups excluding carboxylic acids is 2. The summed E-state index contributed by atoms with van der Waals surface area (Å²) < 4.78 is 5.30. The number of benzene rings is 1.